The summed E-state index contributed by atoms with van der Waals surface area (Å²) < 4.78 is 27.2. The lowest BCUT2D eigenvalue weighted by Gasteiger charge is -2.33. The smallest absolute Gasteiger partial charge is 0.293 e. The second-order valence-electron chi connectivity index (χ2n) is 6.58. The minimum Gasteiger partial charge on any atom is -0.333 e. The van der Waals surface area contributed by atoms with Crippen molar-refractivity contribution in [1.29, 1.82) is 0 Å². The van der Waals surface area contributed by atoms with Crippen LogP contribution < -0.4 is 0 Å². The maximum Gasteiger partial charge on any atom is 0.293 e. The van der Waals surface area contributed by atoms with Crippen LogP contribution in [0.2, 0.25) is 0 Å². The Balaban J connectivity index is 1.60. The molecule has 3 aromatic rings. The molecule has 0 aliphatic carbocycles. The van der Waals surface area contributed by atoms with Crippen molar-refractivity contribution in [2.75, 3.05) is 31.9 Å². The molecule has 1 aliphatic heterocycles. The maximum atomic E-state index is 13.0. The van der Waals surface area contributed by atoms with E-state index in [1.165, 1.54) is 15.6 Å². The van der Waals surface area contributed by atoms with Gasteiger partial charge in [-0.1, -0.05) is 24.3 Å². The number of hydrogen-bond donors (Lipinski definition) is 0. The number of piperazine rings is 1. The maximum absolute atomic E-state index is 13.0. The first kappa shape index (κ1) is 19.7. The first-order valence-electron chi connectivity index (χ1n) is 9.33. The fraction of sp³-hybridized carbons (Fsp3) is 0.316. The van der Waals surface area contributed by atoms with Crippen LogP contribution in [-0.4, -0.2) is 70.2 Å². The normalized spacial score (nSPS) is 15.6. The van der Waals surface area contributed by atoms with Gasteiger partial charge in [0.15, 0.2) is 5.82 Å². The van der Waals surface area contributed by atoms with Crippen LogP contribution in [0.1, 0.15) is 17.5 Å². The van der Waals surface area contributed by atoms with Crippen LogP contribution in [0.3, 0.4) is 0 Å². The number of amides is 1. The van der Waals surface area contributed by atoms with Gasteiger partial charge in [-0.15, -0.1) is 16.4 Å². The highest BCUT2D eigenvalue weighted by Gasteiger charge is 2.30. The summed E-state index contributed by atoms with van der Waals surface area (Å²) in [6, 6.07) is 13.4. The minimum atomic E-state index is -3.24. The van der Waals surface area contributed by atoms with Gasteiger partial charge in [0.05, 0.1) is 16.3 Å². The van der Waals surface area contributed by atoms with Crippen molar-refractivity contribution in [2.24, 2.45) is 0 Å². The Morgan fingerprint density at radius 2 is 1.79 bits per heavy atom. The molecule has 1 fully saturated rings. The van der Waals surface area contributed by atoms with Crippen LogP contribution in [0.25, 0.3) is 16.4 Å². The van der Waals surface area contributed by atoms with Crippen molar-refractivity contribution in [3.8, 4) is 16.4 Å². The average Bonchev–Trinajstić information content (AvgIpc) is 3.44. The molecule has 8 nitrogen and oxygen atoms in total. The number of carbonyl (C=O) groups is 1. The van der Waals surface area contributed by atoms with Crippen LogP contribution in [-0.2, 0) is 10.0 Å². The molecule has 3 heterocycles. The van der Waals surface area contributed by atoms with Gasteiger partial charge in [0, 0.05) is 26.2 Å². The molecule has 0 radical (unpaired) electrons. The molecule has 0 unspecified atom stereocenters. The van der Waals surface area contributed by atoms with E-state index in [1.807, 2.05) is 47.8 Å². The van der Waals surface area contributed by atoms with Crippen LogP contribution in [0.15, 0.2) is 47.8 Å². The van der Waals surface area contributed by atoms with E-state index >= 15 is 0 Å². The molecular weight excluding hydrogens is 410 g/mol. The zero-order valence-corrected chi connectivity index (χ0v) is 17.6. The van der Waals surface area contributed by atoms with Gasteiger partial charge in [0.2, 0.25) is 15.8 Å². The van der Waals surface area contributed by atoms with Crippen molar-refractivity contribution < 1.29 is 13.2 Å². The SMILES string of the molecule is CCS(=O)(=O)N1CCN(C(=O)c2nc(-c3cccs3)n(-c3ccccc3)n2)CC1. The van der Waals surface area contributed by atoms with Crippen LogP contribution in [0, 0.1) is 0 Å². The topological polar surface area (TPSA) is 88.4 Å². The Labute approximate surface area is 173 Å². The number of nitrogens with zero attached hydrogens (tertiary/aromatic N) is 5. The molecule has 0 saturated carbocycles. The van der Waals surface area contributed by atoms with Crippen LogP contribution >= 0.6 is 11.3 Å². The third kappa shape index (κ3) is 3.96. The van der Waals surface area contributed by atoms with Crippen molar-refractivity contribution in [2.45, 2.75) is 6.92 Å². The lowest BCUT2D eigenvalue weighted by atomic mass is 10.3. The van der Waals surface area contributed by atoms with E-state index in [4.69, 9.17) is 0 Å². The number of aromatic nitrogens is 3. The third-order valence-corrected chi connectivity index (χ3v) is 7.57. The second kappa shape index (κ2) is 8.05. The highest BCUT2D eigenvalue weighted by molar-refractivity contribution is 7.89. The molecule has 0 bridgehead atoms. The second-order valence-corrected chi connectivity index (χ2v) is 9.78. The van der Waals surface area contributed by atoms with E-state index in [1.54, 1.807) is 16.5 Å². The van der Waals surface area contributed by atoms with E-state index in [2.05, 4.69) is 10.1 Å². The predicted molar refractivity (Wildman–Crippen MR) is 112 cm³/mol. The standard InChI is InChI=1S/C19H21N5O3S2/c1-2-29(26,27)23-12-10-22(11-13-23)19(25)17-20-18(16-9-6-14-28-16)24(21-17)15-7-4-3-5-8-15/h3-9,14H,2,10-13H2,1H3. The molecule has 152 valence electrons. The Hall–Kier alpha value is -2.56. The summed E-state index contributed by atoms with van der Waals surface area (Å²) in [5.41, 5.74) is 0.821. The predicted octanol–water partition coefficient (Wildman–Crippen LogP) is 2.10. The summed E-state index contributed by atoms with van der Waals surface area (Å²) >= 11 is 1.53. The lowest BCUT2D eigenvalue weighted by Crippen LogP contribution is -2.51. The fourth-order valence-corrected chi connectivity index (χ4v) is 4.99. The fourth-order valence-electron chi connectivity index (χ4n) is 3.21. The molecule has 1 aromatic carbocycles. The summed E-state index contributed by atoms with van der Waals surface area (Å²) in [6.45, 7) is 2.86. The van der Waals surface area contributed by atoms with Gasteiger partial charge in [-0.3, -0.25) is 4.79 Å². The Kier molecular flexibility index (Phi) is 5.48. The number of benzene rings is 1. The molecule has 0 atom stereocenters. The summed E-state index contributed by atoms with van der Waals surface area (Å²) in [5.74, 6) is 0.505. The van der Waals surface area contributed by atoms with Crippen LogP contribution in [0.5, 0.6) is 0 Å². The van der Waals surface area contributed by atoms with E-state index in [0.29, 0.717) is 32.0 Å². The van der Waals surface area contributed by atoms with Crippen LogP contribution in [0.4, 0.5) is 0 Å². The number of hydrogen-bond acceptors (Lipinski definition) is 6. The molecule has 1 saturated heterocycles. The van der Waals surface area contributed by atoms with Gasteiger partial charge in [-0.05, 0) is 30.5 Å². The van der Waals surface area contributed by atoms with Gasteiger partial charge in [-0.2, -0.15) is 4.31 Å². The number of sulfonamides is 1. The first-order chi connectivity index (χ1) is 14.0. The number of carbonyl (C=O) groups excluding carboxylic acids is 1. The monoisotopic (exact) mass is 431 g/mol. The van der Waals surface area contributed by atoms with Gasteiger partial charge in [0.1, 0.15) is 0 Å². The van der Waals surface area contributed by atoms with Crippen molar-refractivity contribution in [3.05, 3.63) is 53.7 Å². The summed E-state index contributed by atoms with van der Waals surface area (Å²) in [6.07, 6.45) is 0. The minimum absolute atomic E-state index is 0.0636. The molecule has 4 rings (SSSR count). The Morgan fingerprint density at radius 1 is 1.07 bits per heavy atom. The number of thiophene rings is 1. The molecule has 1 aliphatic rings. The number of para-hydroxylation sites is 1. The molecular formula is C19H21N5O3S2. The zero-order chi connectivity index (χ0) is 20.4. The van der Waals surface area contributed by atoms with Gasteiger partial charge in [0.25, 0.3) is 5.91 Å². The molecule has 1 amide bonds. The Bertz CT molecular complexity index is 1090. The quantitative estimate of drug-likeness (QED) is 0.617. The highest BCUT2D eigenvalue weighted by atomic mass is 32.2. The average molecular weight is 432 g/mol. The molecule has 29 heavy (non-hydrogen) atoms. The van der Waals surface area contributed by atoms with E-state index < -0.39 is 10.0 Å². The van der Waals surface area contributed by atoms with E-state index in [9.17, 15) is 13.2 Å². The van der Waals surface area contributed by atoms with E-state index in [-0.39, 0.29) is 17.5 Å². The lowest BCUT2D eigenvalue weighted by molar-refractivity contribution is 0.0686. The summed E-state index contributed by atoms with van der Waals surface area (Å²) in [7, 11) is -3.24. The molecule has 10 heteroatoms. The largest absolute Gasteiger partial charge is 0.333 e. The van der Waals surface area contributed by atoms with Crippen molar-refractivity contribution in [3.63, 3.8) is 0 Å². The van der Waals surface area contributed by atoms with Crippen molar-refractivity contribution in [1.82, 2.24) is 24.0 Å². The van der Waals surface area contributed by atoms with Gasteiger partial charge >= 0.3 is 0 Å². The molecule has 2 aromatic heterocycles. The number of rotatable bonds is 5. The van der Waals surface area contributed by atoms with Crippen molar-refractivity contribution >= 4 is 27.3 Å². The third-order valence-electron chi connectivity index (χ3n) is 4.82. The summed E-state index contributed by atoms with van der Waals surface area (Å²) in [4.78, 5) is 20.1. The Morgan fingerprint density at radius 3 is 2.41 bits per heavy atom. The van der Waals surface area contributed by atoms with Gasteiger partial charge < -0.3 is 4.90 Å². The highest BCUT2D eigenvalue weighted by Crippen LogP contribution is 2.26. The first-order valence-corrected chi connectivity index (χ1v) is 11.8. The van der Waals surface area contributed by atoms with Gasteiger partial charge in [-0.25, -0.2) is 18.1 Å². The zero-order valence-electron chi connectivity index (χ0n) is 15.9. The van der Waals surface area contributed by atoms with E-state index in [0.717, 1.165) is 10.6 Å². The summed E-state index contributed by atoms with van der Waals surface area (Å²) in [5, 5.41) is 6.44. The molecule has 0 spiro atoms. The molecule has 0 N–H and O–H groups in total.